The summed E-state index contributed by atoms with van der Waals surface area (Å²) in [6.07, 6.45) is 1.11. The number of aromatic nitrogens is 1. The predicted octanol–water partition coefficient (Wildman–Crippen LogP) is 2.07. The molecule has 0 fully saturated rings. The van der Waals surface area contributed by atoms with Crippen LogP contribution < -0.4 is 5.32 Å². The summed E-state index contributed by atoms with van der Waals surface area (Å²) in [5.74, 6) is -1.01. The van der Waals surface area contributed by atoms with E-state index in [1.54, 1.807) is 6.92 Å². The number of nitrogens with one attached hydrogen (secondary N) is 1. The molecule has 2 rings (SSSR count). The second-order valence-electron chi connectivity index (χ2n) is 4.66. The molecule has 0 saturated heterocycles. The van der Waals surface area contributed by atoms with E-state index in [-0.39, 0.29) is 11.6 Å². The maximum atomic E-state index is 11.8. The van der Waals surface area contributed by atoms with Crippen LogP contribution in [0.25, 0.3) is 6.08 Å². The van der Waals surface area contributed by atoms with Gasteiger partial charge >= 0.3 is 11.9 Å². The number of carbonyl (C=O) groups is 2. The lowest BCUT2D eigenvalue weighted by Gasteiger charge is -2.10. The lowest BCUT2D eigenvalue weighted by molar-refractivity contribution is -0.402. The highest BCUT2D eigenvalue weighted by atomic mass is 16.6. The number of hydrogen-bond donors (Lipinski definition) is 1. The summed E-state index contributed by atoms with van der Waals surface area (Å²) in [7, 11) is 0. The lowest BCUT2D eigenvalue weighted by Crippen LogP contribution is -2.29. The van der Waals surface area contributed by atoms with Crippen LogP contribution in [-0.4, -0.2) is 28.1 Å². The number of amides is 1. The fraction of sp³-hybridized carbons (Fsp3) is 0.214. The zero-order valence-corrected chi connectivity index (χ0v) is 12.7. The molecule has 24 heavy (non-hydrogen) atoms. The predicted molar refractivity (Wildman–Crippen MR) is 79.8 cm³/mol. The van der Waals surface area contributed by atoms with Crippen LogP contribution in [0.2, 0.25) is 0 Å². The minimum Gasteiger partial charge on any atom is -0.449 e. The van der Waals surface area contributed by atoms with Gasteiger partial charge in [0.2, 0.25) is 0 Å². The van der Waals surface area contributed by atoms with Crippen molar-refractivity contribution in [3.63, 3.8) is 0 Å². The minimum atomic E-state index is -1.08. The highest BCUT2D eigenvalue weighted by Gasteiger charge is 2.18. The topological polar surface area (TPSA) is 138 Å². The molecule has 0 aliphatic carbocycles. The summed E-state index contributed by atoms with van der Waals surface area (Å²) in [6.45, 7) is 3.04. The molecule has 1 atom stereocenters. The van der Waals surface area contributed by atoms with E-state index in [0.29, 0.717) is 5.76 Å². The number of ether oxygens (including phenoxy) is 1. The molecule has 2 heterocycles. The molecular formula is C14H13N3O7. The molecule has 0 aliphatic rings. The van der Waals surface area contributed by atoms with Gasteiger partial charge in [-0.1, -0.05) is 5.16 Å². The molecule has 10 heteroatoms. The van der Waals surface area contributed by atoms with Crippen LogP contribution in [0.1, 0.15) is 18.4 Å². The van der Waals surface area contributed by atoms with Gasteiger partial charge in [-0.3, -0.25) is 14.9 Å². The monoisotopic (exact) mass is 335 g/mol. The summed E-state index contributed by atoms with van der Waals surface area (Å²) >= 11 is 0. The van der Waals surface area contributed by atoms with Crippen molar-refractivity contribution in [3.05, 3.63) is 45.9 Å². The van der Waals surface area contributed by atoms with Crippen molar-refractivity contribution < 1.29 is 28.2 Å². The van der Waals surface area contributed by atoms with Crippen molar-refractivity contribution in [1.82, 2.24) is 5.16 Å². The van der Waals surface area contributed by atoms with E-state index in [4.69, 9.17) is 13.7 Å². The Bertz CT molecular complexity index is 790. The minimum absolute atomic E-state index is 0.105. The molecule has 0 radical (unpaired) electrons. The fourth-order valence-electron chi connectivity index (χ4n) is 1.60. The molecular weight excluding hydrogens is 322 g/mol. The third kappa shape index (κ3) is 4.53. The van der Waals surface area contributed by atoms with E-state index >= 15 is 0 Å². The third-order valence-corrected chi connectivity index (χ3v) is 2.72. The normalized spacial score (nSPS) is 12.1. The second-order valence-corrected chi connectivity index (χ2v) is 4.66. The fourth-order valence-corrected chi connectivity index (χ4v) is 1.60. The Morgan fingerprint density at radius 2 is 2.21 bits per heavy atom. The molecule has 126 valence electrons. The van der Waals surface area contributed by atoms with Crippen LogP contribution in [0.15, 0.2) is 33.2 Å². The Morgan fingerprint density at radius 3 is 2.79 bits per heavy atom. The summed E-state index contributed by atoms with van der Waals surface area (Å²) in [5, 5.41) is 16.5. The van der Waals surface area contributed by atoms with Crippen molar-refractivity contribution >= 4 is 29.7 Å². The van der Waals surface area contributed by atoms with Gasteiger partial charge in [-0.15, -0.1) is 0 Å². The summed E-state index contributed by atoms with van der Waals surface area (Å²) in [4.78, 5) is 33.2. The van der Waals surface area contributed by atoms with Crippen LogP contribution in [0, 0.1) is 17.0 Å². The number of carbonyl (C=O) groups excluding carboxylic acids is 2. The van der Waals surface area contributed by atoms with E-state index in [0.717, 1.165) is 12.1 Å². The van der Waals surface area contributed by atoms with Gasteiger partial charge in [0.25, 0.3) is 5.91 Å². The summed E-state index contributed by atoms with van der Waals surface area (Å²) in [5.41, 5.74) is 0. The average Bonchev–Trinajstić information content (AvgIpc) is 3.14. The summed E-state index contributed by atoms with van der Waals surface area (Å²) < 4.78 is 14.5. The quantitative estimate of drug-likeness (QED) is 0.366. The number of esters is 1. The lowest BCUT2D eigenvalue weighted by atomic mass is 10.3. The highest BCUT2D eigenvalue weighted by molar-refractivity contribution is 5.95. The Kier molecular flexibility index (Phi) is 5.09. The maximum Gasteiger partial charge on any atom is 0.433 e. The van der Waals surface area contributed by atoms with Gasteiger partial charge in [-0.05, 0) is 26.0 Å². The van der Waals surface area contributed by atoms with Crippen LogP contribution >= 0.6 is 0 Å². The van der Waals surface area contributed by atoms with Crippen molar-refractivity contribution in [2.45, 2.75) is 20.0 Å². The highest BCUT2D eigenvalue weighted by Crippen LogP contribution is 2.16. The van der Waals surface area contributed by atoms with Gasteiger partial charge < -0.3 is 19.0 Å². The molecule has 0 spiro atoms. The number of furan rings is 1. The van der Waals surface area contributed by atoms with Crippen molar-refractivity contribution in [2.24, 2.45) is 0 Å². The molecule has 1 amide bonds. The standard InChI is InChI=1S/C14H13N3O7/c1-8-7-11(16-24-8)15-14(19)9(2)22-13(18)6-4-10-3-5-12(23-10)17(20)21/h3-7,9H,1-2H3,(H,15,16,19)/b6-4+/t9-/m1/s1. The first-order chi connectivity index (χ1) is 11.3. The first-order valence-electron chi connectivity index (χ1n) is 6.72. The van der Waals surface area contributed by atoms with Gasteiger partial charge in [-0.2, -0.15) is 0 Å². The van der Waals surface area contributed by atoms with Gasteiger partial charge in [-0.25, -0.2) is 4.79 Å². The average molecular weight is 335 g/mol. The Morgan fingerprint density at radius 1 is 1.46 bits per heavy atom. The van der Waals surface area contributed by atoms with Crippen molar-refractivity contribution in [2.75, 3.05) is 5.32 Å². The third-order valence-electron chi connectivity index (χ3n) is 2.72. The molecule has 2 aromatic rings. The Labute approximate surface area is 135 Å². The molecule has 0 bridgehead atoms. The SMILES string of the molecule is Cc1cc(NC(=O)[C@@H](C)OC(=O)/C=C/c2ccc([N+](=O)[O-])o2)no1. The van der Waals surface area contributed by atoms with E-state index in [2.05, 4.69) is 10.5 Å². The van der Waals surface area contributed by atoms with Crippen molar-refractivity contribution in [3.8, 4) is 0 Å². The molecule has 0 unspecified atom stereocenters. The first-order valence-corrected chi connectivity index (χ1v) is 6.72. The number of anilines is 1. The molecule has 10 nitrogen and oxygen atoms in total. The van der Waals surface area contributed by atoms with Gasteiger partial charge in [0, 0.05) is 12.1 Å². The molecule has 0 aromatic carbocycles. The number of nitrogens with zero attached hydrogens (tertiary/aromatic N) is 2. The largest absolute Gasteiger partial charge is 0.449 e. The number of nitro groups is 1. The Hall–Kier alpha value is -3.43. The molecule has 2 aromatic heterocycles. The van der Waals surface area contributed by atoms with E-state index in [9.17, 15) is 19.7 Å². The van der Waals surface area contributed by atoms with Gasteiger partial charge in [0.15, 0.2) is 11.9 Å². The maximum absolute atomic E-state index is 11.8. The Balaban J connectivity index is 1.87. The van der Waals surface area contributed by atoms with Crippen LogP contribution in [0.4, 0.5) is 11.7 Å². The van der Waals surface area contributed by atoms with Crippen molar-refractivity contribution in [1.29, 1.82) is 0 Å². The van der Waals surface area contributed by atoms with Gasteiger partial charge in [0.1, 0.15) is 16.4 Å². The van der Waals surface area contributed by atoms with E-state index in [1.165, 1.54) is 25.1 Å². The van der Waals surface area contributed by atoms with Crippen LogP contribution in [-0.2, 0) is 14.3 Å². The zero-order chi connectivity index (χ0) is 17.7. The molecule has 1 N–H and O–H groups in total. The summed E-state index contributed by atoms with van der Waals surface area (Å²) in [6, 6.07) is 3.99. The number of aryl methyl sites for hydroxylation is 1. The van der Waals surface area contributed by atoms with Crippen LogP contribution in [0.5, 0.6) is 0 Å². The zero-order valence-electron chi connectivity index (χ0n) is 12.7. The molecule has 0 saturated carbocycles. The second kappa shape index (κ2) is 7.22. The molecule has 0 aliphatic heterocycles. The number of rotatable bonds is 6. The number of hydrogen-bond acceptors (Lipinski definition) is 8. The van der Waals surface area contributed by atoms with Gasteiger partial charge in [0.05, 0.1) is 6.07 Å². The van der Waals surface area contributed by atoms with E-state index in [1.807, 2.05) is 0 Å². The first kappa shape index (κ1) is 16.9. The smallest absolute Gasteiger partial charge is 0.433 e. The van der Waals surface area contributed by atoms with E-state index < -0.39 is 28.8 Å². The van der Waals surface area contributed by atoms with Crippen LogP contribution in [0.3, 0.4) is 0 Å².